The number of rotatable bonds is 3. The summed E-state index contributed by atoms with van der Waals surface area (Å²) in [5, 5.41) is 2.22. The van der Waals surface area contributed by atoms with Crippen LogP contribution in [0.15, 0.2) is 35.7 Å². The van der Waals surface area contributed by atoms with E-state index in [4.69, 9.17) is 0 Å². The average Bonchev–Trinajstić information content (AvgIpc) is 2.15. The van der Waals surface area contributed by atoms with E-state index in [-0.39, 0.29) is 0 Å². The summed E-state index contributed by atoms with van der Waals surface area (Å²) in [6, 6.07) is 10.5. The molecule has 0 fully saturated rings. The van der Waals surface area contributed by atoms with E-state index in [0.29, 0.717) is 0 Å². The molecule has 0 aliphatic heterocycles. The Kier molecular flexibility index (Phi) is 3.95. The molecule has 1 heteroatoms. The third-order valence-corrected chi connectivity index (χ3v) is 2.51. The van der Waals surface area contributed by atoms with Crippen LogP contribution in [-0.2, 0) is 0 Å². The van der Waals surface area contributed by atoms with Gasteiger partial charge >= 0.3 is 0 Å². The fraction of sp³-hybridized carbons (Fsp3) is 0.273. The van der Waals surface area contributed by atoms with Crippen LogP contribution in [0, 0.1) is 0 Å². The van der Waals surface area contributed by atoms with Gasteiger partial charge in [-0.2, -0.15) is 0 Å². The van der Waals surface area contributed by atoms with Crippen molar-refractivity contribution in [2.75, 3.05) is 5.75 Å². The number of hydrogen-bond acceptors (Lipinski definition) is 1. The van der Waals surface area contributed by atoms with Crippen LogP contribution in [0.1, 0.15) is 19.4 Å². The largest absolute Gasteiger partial charge is 0.134 e. The van der Waals surface area contributed by atoms with Gasteiger partial charge in [-0.25, -0.2) is 0 Å². The van der Waals surface area contributed by atoms with Crippen molar-refractivity contribution in [3.8, 4) is 0 Å². The van der Waals surface area contributed by atoms with Crippen molar-refractivity contribution in [2.45, 2.75) is 13.8 Å². The van der Waals surface area contributed by atoms with E-state index in [1.54, 1.807) is 0 Å². The summed E-state index contributed by atoms with van der Waals surface area (Å²) < 4.78 is 0. The van der Waals surface area contributed by atoms with E-state index in [0.717, 1.165) is 5.75 Å². The first-order chi connectivity index (χ1) is 5.84. The van der Waals surface area contributed by atoms with Crippen molar-refractivity contribution >= 4 is 17.3 Å². The Morgan fingerprint density at radius 2 is 2.00 bits per heavy atom. The van der Waals surface area contributed by atoms with Crippen LogP contribution in [0.25, 0.3) is 5.57 Å². The van der Waals surface area contributed by atoms with Crippen molar-refractivity contribution in [2.24, 2.45) is 0 Å². The molecule has 1 aromatic carbocycles. The number of allylic oxidation sites excluding steroid dienone is 1. The second-order valence-electron chi connectivity index (χ2n) is 2.62. The molecule has 0 spiro atoms. The first-order valence-electron chi connectivity index (χ1n) is 4.18. The Morgan fingerprint density at radius 1 is 1.33 bits per heavy atom. The highest BCUT2D eigenvalue weighted by Crippen LogP contribution is 2.16. The molecule has 0 aromatic heterocycles. The Hall–Kier alpha value is -0.690. The third-order valence-electron chi connectivity index (χ3n) is 1.66. The van der Waals surface area contributed by atoms with Crippen LogP contribution in [-0.4, -0.2) is 5.75 Å². The van der Waals surface area contributed by atoms with Gasteiger partial charge in [-0.3, -0.25) is 0 Å². The van der Waals surface area contributed by atoms with Crippen molar-refractivity contribution < 1.29 is 0 Å². The first-order valence-corrected chi connectivity index (χ1v) is 5.23. The van der Waals surface area contributed by atoms with Gasteiger partial charge in [-0.05, 0) is 29.2 Å². The van der Waals surface area contributed by atoms with Crippen LogP contribution in [0.2, 0.25) is 0 Å². The highest BCUT2D eigenvalue weighted by atomic mass is 32.2. The van der Waals surface area contributed by atoms with E-state index in [1.807, 2.05) is 17.8 Å². The van der Waals surface area contributed by atoms with Crippen molar-refractivity contribution in [3.05, 3.63) is 41.3 Å². The molecule has 0 saturated heterocycles. The zero-order chi connectivity index (χ0) is 8.81. The summed E-state index contributed by atoms with van der Waals surface area (Å²) in [5.41, 5.74) is 2.67. The zero-order valence-electron chi connectivity index (χ0n) is 7.58. The molecular formula is C11H14S. The average molecular weight is 178 g/mol. The van der Waals surface area contributed by atoms with Gasteiger partial charge in [0.2, 0.25) is 0 Å². The van der Waals surface area contributed by atoms with Crippen LogP contribution < -0.4 is 0 Å². The van der Waals surface area contributed by atoms with Crippen LogP contribution in [0.4, 0.5) is 0 Å². The normalized spacial score (nSPS) is 11.7. The second kappa shape index (κ2) is 5.04. The minimum atomic E-state index is 1.14. The quantitative estimate of drug-likeness (QED) is 0.678. The van der Waals surface area contributed by atoms with Crippen molar-refractivity contribution in [1.82, 2.24) is 0 Å². The topological polar surface area (TPSA) is 0 Å². The van der Waals surface area contributed by atoms with Gasteiger partial charge in [-0.15, -0.1) is 11.8 Å². The molecule has 0 unspecified atom stereocenters. The molecule has 64 valence electrons. The smallest absolute Gasteiger partial charge is 0.00543 e. The summed E-state index contributed by atoms with van der Waals surface area (Å²) in [7, 11) is 0. The predicted octanol–water partition coefficient (Wildman–Crippen LogP) is 3.80. The van der Waals surface area contributed by atoms with E-state index in [2.05, 4.69) is 43.5 Å². The molecule has 1 rings (SSSR count). The standard InChI is InChI=1S/C11H14S/c1-3-12-9-10(2)11-7-5-4-6-8-11/h4-9H,3H2,1-2H3/b10-9+. The molecule has 0 N–H and O–H groups in total. The maximum absolute atomic E-state index is 2.22. The minimum absolute atomic E-state index is 1.14. The minimum Gasteiger partial charge on any atom is -0.134 e. The monoisotopic (exact) mass is 178 g/mol. The van der Waals surface area contributed by atoms with Crippen molar-refractivity contribution in [1.29, 1.82) is 0 Å². The molecule has 0 radical (unpaired) electrons. The van der Waals surface area contributed by atoms with Gasteiger partial charge < -0.3 is 0 Å². The molecule has 0 amide bonds. The molecule has 0 bridgehead atoms. The maximum Gasteiger partial charge on any atom is -0.00543 e. The summed E-state index contributed by atoms with van der Waals surface area (Å²) in [4.78, 5) is 0. The summed E-state index contributed by atoms with van der Waals surface area (Å²) in [6.07, 6.45) is 0. The molecule has 12 heavy (non-hydrogen) atoms. The molecule has 0 aliphatic carbocycles. The lowest BCUT2D eigenvalue weighted by atomic mass is 10.1. The second-order valence-corrected chi connectivity index (χ2v) is 3.77. The fourth-order valence-corrected chi connectivity index (χ4v) is 1.53. The SMILES string of the molecule is CCS/C=C(\C)c1ccccc1. The van der Waals surface area contributed by atoms with Crippen molar-refractivity contribution in [3.63, 3.8) is 0 Å². The van der Waals surface area contributed by atoms with Crippen LogP contribution >= 0.6 is 11.8 Å². The van der Waals surface area contributed by atoms with Gasteiger partial charge in [0.15, 0.2) is 0 Å². The van der Waals surface area contributed by atoms with E-state index < -0.39 is 0 Å². The van der Waals surface area contributed by atoms with Gasteiger partial charge in [-0.1, -0.05) is 37.3 Å². The summed E-state index contributed by atoms with van der Waals surface area (Å²) in [6.45, 7) is 4.32. The zero-order valence-corrected chi connectivity index (χ0v) is 8.40. The number of thioether (sulfide) groups is 1. The number of benzene rings is 1. The van der Waals surface area contributed by atoms with E-state index in [9.17, 15) is 0 Å². The highest BCUT2D eigenvalue weighted by molar-refractivity contribution is 8.02. The molecule has 0 saturated carbocycles. The lowest BCUT2D eigenvalue weighted by molar-refractivity contribution is 1.53. The lowest BCUT2D eigenvalue weighted by Crippen LogP contribution is -1.76. The predicted molar refractivity (Wildman–Crippen MR) is 58.2 cm³/mol. The van der Waals surface area contributed by atoms with E-state index in [1.165, 1.54) is 11.1 Å². The molecular weight excluding hydrogens is 164 g/mol. The molecule has 0 aliphatic rings. The first kappa shape index (κ1) is 9.40. The Labute approximate surface area is 78.7 Å². The van der Waals surface area contributed by atoms with Crippen LogP contribution in [0.3, 0.4) is 0 Å². The fourth-order valence-electron chi connectivity index (χ4n) is 0.977. The Balaban J connectivity index is 2.71. The van der Waals surface area contributed by atoms with E-state index >= 15 is 0 Å². The lowest BCUT2D eigenvalue weighted by Gasteiger charge is -1.99. The highest BCUT2D eigenvalue weighted by Gasteiger charge is 1.91. The number of hydrogen-bond donors (Lipinski definition) is 0. The van der Waals surface area contributed by atoms with Gasteiger partial charge in [0.25, 0.3) is 0 Å². The van der Waals surface area contributed by atoms with Gasteiger partial charge in [0, 0.05) is 0 Å². The Bertz CT molecular complexity index is 249. The maximum atomic E-state index is 2.22. The van der Waals surface area contributed by atoms with Gasteiger partial charge in [0.1, 0.15) is 0 Å². The molecule has 0 nitrogen and oxygen atoms in total. The Morgan fingerprint density at radius 3 is 2.58 bits per heavy atom. The molecule has 1 aromatic rings. The summed E-state index contributed by atoms with van der Waals surface area (Å²) >= 11 is 1.85. The van der Waals surface area contributed by atoms with Crippen LogP contribution in [0.5, 0.6) is 0 Å². The summed E-state index contributed by atoms with van der Waals surface area (Å²) in [5.74, 6) is 1.14. The molecule has 0 atom stereocenters. The third kappa shape index (κ3) is 2.74. The van der Waals surface area contributed by atoms with Gasteiger partial charge in [0.05, 0.1) is 0 Å². The molecule has 0 heterocycles.